The van der Waals surface area contributed by atoms with E-state index in [1.54, 1.807) is 12.1 Å². The van der Waals surface area contributed by atoms with Gasteiger partial charge in [0.25, 0.3) is 0 Å². The van der Waals surface area contributed by atoms with Crippen molar-refractivity contribution in [2.75, 3.05) is 31.2 Å². The van der Waals surface area contributed by atoms with Crippen LogP contribution in [-0.4, -0.2) is 54.6 Å². The molecule has 1 fully saturated rings. The summed E-state index contributed by atoms with van der Waals surface area (Å²) in [4.78, 5) is 7.71. The molecule has 176 valence electrons. The molecular weight excluding hydrogens is 436 g/mol. The lowest BCUT2D eigenvalue weighted by atomic mass is 9.96. The van der Waals surface area contributed by atoms with E-state index in [2.05, 4.69) is 47.6 Å². The average molecular weight is 469 g/mol. The van der Waals surface area contributed by atoms with Crippen molar-refractivity contribution in [2.45, 2.75) is 57.1 Å². The Labute approximate surface area is 196 Å². The van der Waals surface area contributed by atoms with Gasteiger partial charge in [-0.15, -0.1) is 0 Å². The molecule has 3 aromatic rings. The number of nitrogens with zero attached hydrogens (tertiary/aromatic N) is 4. The van der Waals surface area contributed by atoms with E-state index in [-0.39, 0.29) is 0 Å². The van der Waals surface area contributed by atoms with Gasteiger partial charge in [-0.05, 0) is 56.0 Å². The number of anilines is 1. The summed E-state index contributed by atoms with van der Waals surface area (Å²) in [7, 11) is -3.55. The number of benzene rings is 2. The molecule has 0 aliphatic carbocycles. The number of ether oxygens (including phenoxy) is 1. The van der Waals surface area contributed by atoms with Crippen LogP contribution in [0.5, 0.6) is 0 Å². The van der Waals surface area contributed by atoms with Crippen LogP contribution in [0.3, 0.4) is 0 Å². The molecule has 1 atom stereocenters. The minimum atomic E-state index is -3.55. The summed E-state index contributed by atoms with van der Waals surface area (Å²) in [6.45, 7) is 7.65. The number of imidazole rings is 1. The van der Waals surface area contributed by atoms with Crippen LogP contribution in [0, 0.1) is 0 Å². The molecule has 5 rings (SSSR count). The van der Waals surface area contributed by atoms with Gasteiger partial charge in [0, 0.05) is 31.4 Å². The van der Waals surface area contributed by atoms with E-state index in [0.717, 1.165) is 42.7 Å². The minimum Gasteiger partial charge on any atom is -0.379 e. The number of fused-ring (bicyclic) bond motifs is 2. The highest BCUT2D eigenvalue weighted by Crippen LogP contribution is 2.32. The Hall–Kier alpha value is -2.42. The Bertz CT molecular complexity index is 1250. The fourth-order valence-corrected chi connectivity index (χ4v) is 6.43. The lowest BCUT2D eigenvalue weighted by molar-refractivity contribution is 0.0730. The normalized spacial score (nSPS) is 19.7. The molecule has 0 spiro atoms. The summed E-state index contributed by atoms with van der Waals surface area (Å²) in [5, 5.41) is 0. The molecule has 7 nitrogen and oxygen atoms in total. The van der Waals surface area contributed by atoms with Gasteiger partial charge in [0.05, 0.1) is 35.7 Å². The summed E-state index contributed by atoms with van der Waals surface area (Å²) in [6.07, 6.45) is 3.20. The van der Waals surface area contributed by atoms with Crippen LogP contribution in [0.25, 0.3) is 11.0 Å². The fraction of sp³-hybridized carbons (Fsp3) is 0.480. The molecule has 1 unspecified atom stereocenters. The van der Waals surface area contributed by atoms with Crippen molar-refractivity contribution >= 4 is 26.7 Å². The van der Waals surface area contributed by atoms with Crippen LogP contribution in [-0.2, 0) is 34.3 Å². The Morgan fingerprint density at radius 3 is 2.70 bits per heavy atom. The van der Waals surface area contributed by atoms with Gasteiger partial charge >= 0.3 is 0 Å². The maximum absolute atomic E-state index is 13.2. The number of aryl methyl sites for hydroxylation is 2. The third-order valence-corrected chi connectivity index (χ3v) is 8.72. The molecule has 2 aliphatic heterocycles. The van der Waals surface area contributed by atoms with Crippen LogP contribution in [0.2, 0.25) is 0 Å². The summed E-state index contributed by atoms with van der Waals surface area (Å²) in [5.74, 6) is 0.983. The quantitative estimate of drug-likeness (QED) is 0.550. The molecular formula is C25H32N4O3S. The maximum Gasteiger partial charge on any atom is 0.243 e. The number of aromatic nitrogens is 2. The van der Waals surface area contributed by atoms with E-state index >= 15 is 0 Å². The van der Waals surface area contributed by atoms with E-state index < -0.39 is 10.0 Å². The van der Waals surface area contributed by atoms with Crippen LogP contribution >= 0.6 is 0 Å². The molecule has 0 amide bonds. The lowest BCUT2D eigenvalue weighted by Crippen LogP contribution is -2.40. The second-order valence-corrected chi connectivity index (χ2v) is 10.9. The Morgan fingerprint density at radius 1 is 1.12 bits per heavy atom. The van der Waals surface area contributed by atoms with Crippen LogP contribution < -0.4 is 4.90 Å². The minimum absolute atomic E-state index is 0.307. The fourth-order valence-electron chi connectivity index (χ4n) is 5.00. The van der Waals surface area contributed by atoms with Crippen molar-refractivity contribution in [1.29, 1.82) is 0 Å². The van der Waals surface area contributed by atoms with Gasteiger partial charge < -0.3 is 14.2 Å². The summed E-state index contributed by atoms with van der Waals surface area (Å²) < 4.78 is 35.4. The lowest BCUT2D eigenvalue weighted by Gasteiger charge is -2.37. The van der Waals surface area contributed by atoms with Gasteiger partial charge in [-0.3, -0.25) is 0 Å². The van der Waals surface area contributed by atoms with Crippen LogP contribution in [0.4, 0.5) is 5.69 Å². The van der Waals surface area contributed by atoms with Gasteiger partial charge in [-0.2, -0.15) is 4.31 Å². The first-order valence-corrected chi connectivity index (χ1v) is 13.3. The van der Waals surface area contributed by atoms with Crippen molar-refractivity contribution in [3.05, 3.63) is 53.9 Å². The molecule has 0 radical (unpaired) electrons. The summed E-state index contributed by atoms with van der Waals surface area (Å²) in [6, 6.07) is 14.4. The van der Waals surface area contributed by atoms with E-state index in [1.165, 1.54) is 15.6 Å². The molecule has 2 aromatic carbocycles. The van der Waals surface area contributed by atoms with Gasteiger partial charge in [0.2, 0.25) is 10.0 Å². The standard InChI is InChI=1S/C25H32N4O3S/c1-3-12-28-24-11-10-21(33(30,31)27-13-15-32-16-14-27)17-22(24)26-25(28)18-29-19(2)8-9-20-6-4-5-7-23(20)29/h4-7,10-11,17,19H,3,8-9,12-16,18H2,1-2H3. The number of hydrogen-bond donors (Lipinski definition) is 0. The van der Waals surface area contributed by atoms with E-state index in [0.29, 0.717) is 43.8 Å². The van der Waals surface area contributed by atoms with E-state index in [1.807, 2.05) is 6.07 Å². The van der Waals surface area contributed by atoms with Crippen molar-refractivity contribution in [2.24, 2.45) is 0 Å². The summed E-state index contributed by atoms with van der Waals surface area (Å²) >= 11 is 0. The SMILES string of the molecule is CCCn1c(CN2c3ccccc3CCC2C)nc2cc(S(=O)(=O)N3CCOCC3)ccc21. The Kier molecular flexibility index (Phi) is 6.16. The molecule has 0 saturated carbocycles. The molecule has 33 heavy (non-hydrogen) atoms. The topological polar surface area (TPSA) is 67.7 Å². The second kappa shape index (κ2) is 9.08. The first kappa shape index (κ1) is 22.4. The highest BCUT2D eigenvalue weighted by molar-refractivity contribution is 7.89. The van der Waals surface area contributed by atoms with Crippen molar-refractivity contribution in [3.8, 4) is 0 Å². The third-order valence-electron chi connectivity index (χ3n) is 6.83. The molecule has 1 aromatic heterocycles. The molecule has 8 heteroatoms. The largest absolute Gasteiger partial charge is 0.379 e. The second-order valence-electron chi connectivity index (χ2n) is 8.99. The van der Waals surface area contributed by atoms with Gasteiger partial charge in [0.1, 0.15) is 5.82 Å². The molecule has 3 heterocycles. The number of rotatable bonds is 6. The summed E-state index contributed by atoms with van der Waals surface area (Å²) in [5.41, 5.74) is 4.39. The zero-order valence-corrected chi connectivity index (χ0v) is 20.2. The number of morpholine rings is 1. The number of hydrogen-bond acceptors (Lipinski definition) is 5. The van der Waals surface area contributed by atoms with Crippen molar-refractivity contribution in [1.82, 2.24) is 13.9 Å². The monoisotopic (exact) mass is 468 g/mol. The molecule has 1 saturated heterocycles. The van der Waals surface area contributed by atoms with Crippen LogP contribution in [0.1, 0.15) is 38.1 Å². The number of para-hydroxylation sites is 1. The van der Waals surface area contributed by atoms with Gasteiger partial charge in [-0.25, -0.2) is 13.4 Å². The third kappa shape index (κ3) is 4.16. The van der Waals surface area contributed by atoms with Crippen molar-refractivity contribution in [3.63, 3.8) is 0 Å². The first-order valence-electron chi connectivity index (χ1n) is 11.9. The van der Waals surface area contributed by atoms with E-state index in [9.17, 15) is 8.42 Å². The zero-order chi connectivity index (χ0) is 23.0. The predicted molar refractivity (Wildman–Crippen MR) is 130 cm³/mol. The molecule has 0 N–H and O–H groups in total. The zero-order valence-electron chi connectivity index (χ0n) is 19.4. The smallest absolute Gasteiger partial charge is 0.243 e. The maximum atomic E-state index is 13.2. The highest BCUT2D eigenvalue weighted by Gasteiger charge is 2.28. The Morgan fingerprint density at radius 2 is 1.91 bits per heavy atom. The Balaban J connectivity index is 1.52. The highest BCUT2D eigenvalue weighted by atomic mass is 32.2. The first-order chi connectivity index (χ1) is 16.0. The molecule has 2 aliphatic rings. The van der Waals surface area contributed by atoms with E-state index in [4.69, 9.17) is 9.72 Å². The number of sulfonamides is 1. The van der Waals surface area contributed by atoms with Crippen LogP contribution in [0.15, 0.2) is 47.4 Å². The van der Waals surface area contributed by atoms with Gasteiger partial charge in [-0.1, -0.05) is 25.1 Å². The average Bonchev–Trinajstić information content (AvgIpc) is 3.18. The van der Waals surface area contributed by atoms with Crippen molar-refractivity contribution < 1.29 is 13.2 Å². The predicted octanol–water partition coefficient (Wildman–Crippen LogP) is 3.81. The molecule has 0 bridgehead atoms. The van der Waals surface area contributed by atoms with Gasteiger partial charge in [0.15, 0.2) is 0 Å².